The first-order valence-electron chi connectivity index (χ1n) is 10.1. The van der Waals surface area contributed by atoms with Crippen LogP contribution in [0, 0.1) is 0 Å². The molecule has 0 spiro atoms. The normalized spacial score (nSPS) is 15.0. The van der Waals surface area contributed by atoms with Gasteiger partial charge in [-0.15, -0.1) is 10.2 Å². The van der Waals surface area contributed by atoms with E-state index < -0.39 is 23.3 Å². The Hall–Kier alpha value is -3.18. The third-order valence-electron chi connectivity index (χ3n) is 5.28. The van der Waals surface area contributed by atoms with Gasteiger partial charge in [0.05, 0.1) is 18.9 Å². The molecule has 12 heteroatoms. The van der Waals surface area contributed by atoms with Gasteiger partial charge in [0.2, 0.25) is 5.88 Å². The second-order valence-electron chi connectivity index (χ2n) is 7.45. The Morgan fingerprint density at radius 3 is 2.48 bits per heavy atom. The van der Waals surface area contributed by atoms with E-state index in [1.54, 1.807) is 6.07 Å². The van der Waals surface area contributed by atoms with Crippen molar-refractivity contribution >= 4 is 17.5 Å². The number of piperazine rings is 1. The monoisotopic (exact) mass is 480 g/mol. The molecule has 0 unspecified atom stereocenters. The average Bonchev–Trinajstić information content (AvgIpc) is 3.25. The molecule has 1 aliphatic rings. The van der Waals surface area contributed by atoms with Crippen LogP contribution in [0.25, 0.3) is 5.82 Å². The number of halogens is 4. The Labute approximate surface area is 192 Å². The van der Waals surface area contributed by atoms with Crippen molar-refractivity contribution in [1.29, 1.82) is 0 Å². The number of aromatic nitrogens is 4. The van der Waals surface area contributed by atoms with Gasteiger partial charge >= 0.3 is 6.18 Å². The zero-order chi connectivity index (χ0) is 23.6. The summed E-state index contributed by atoms with van der Waals surface area (Å²) in [6.45, 7) is 2.29. The Balaban J connectivity index is 1.51. The smallest absolute Gasteiger partial charge is 0.434 e. The molecule has 1 amide bonds. The fourth-order valence-corrected chi connectivity index (χ4v) is 3.87. The Bertz CT molecular complexity index is 1130. The van der Waals surface area contributed by atoms with Gasteiger partial charge in [-0.2, -0.15) is 18.3 Å². The summed E-state index contributed by atoms with van der Waals surface area (Å²) < 4.78 is 47.2. The maximum Gasteiger partial charge on any atom is 0.434 e. The molecule has 33 heavy (non-hydrogen) atoms. The van der Waals surface area contributed by atoms with E-state index in [1.165, 1.54) is 24.1 Å². The van der Waals surface area contributed by atoms with Gasteiger partial charge in [0.1, 0.15) is 0 Å². The van der Waals surface area contributed by atoms with Crippen molar-refractivity contribution in [1.82, 2.24) is 29.8 Å². The van der Waals surface area contributed by atoms with Crippen LogP contribution >= 0.6 is 11.6 Å². The minimum atomic E-state index is -4.82. The van der Waals surface area contributed by atoms with Crippen molar-refractivity contribution in [3.63, 3.8) is 0 Å². The predicted molar refractivity (Wildman–Crippen MR) is 113 cm³/mol. The van der Waals surface area contributed by atoms with Crippen molar-refractivity contribution in [2.45, 2.75) is 12.7 Å². The highest BCUT2D eigenvalue weighted by molar-refractivity contribution is 6.30. The molecule has 0 saturated carbocycles. The van der Waals surface area contributed by atoms with Crippen LogP contribution in [-0.4, -0.2) is 69.0 Å². The third-order valence-corrected chi connectivity index (χ3v) is 5.51. The molecule has 0 bridgehead atoms. The lowest BCUT2D eigenvalue weighted by Gasteiger charge is -2.34. The number of amides is 1. The first-order valence-corrected chi connectivity index (χ1v) is 10.4. The molecule has 8 nitrogen and oxygen atoms in total. The Morgan fingerprint density at radius 1 is 1.12 bits per heavy atom. The second-order valence-corrected chi connectivity index (χ2v) is 7.89. The topological polar surface area (TPSA) is 76.4 Å². The molecule has 1 aliphatic heterocycles. The molecule has 1 fully saturated rings. The summed E-state index contributed by atoms with van der Waals surface area (Å²) in [6, 6.07) is 10.1. The number of hydrogen-bond acceptors (Lipinski definition) is 6. The number of rotatable bonds is 5. The minimum Gasteiger partial charge on any atom is -0.480 e. The number of hydrogen-bond donors (Lipinski definition) is 0. The van der Waals surface area contributed by atoms with Gasteiger partial charge in [0, 0.05) is 43.8 Å². The van der Waals surface area contributed by atoms with E-state index in [1.807, 2.05) is 18.2 Å². The number of methoxy groups -OCH3 is 1. The van der Waals surface area contributed by atoms with Crippen molar-refractivity contribution in [3.8, 4) is 11.7 Å². The zero-order valence-electron chi connectivity index (χ0n) is 17.6. The molecule has 0 N–H and O–H groups in total. The summed E-state index contributed by atoms with van der Waals surface area (Å²) in [5.41, 5.74) is -0.680. The Kier molecular flexibility index (Phi) is 6.52. The number of nitrogens with zero attached hydrogens (tertiary/aromatic N) is 6. The molecular weight excluding hydrogens is 461 g/mol. The molecule has 0 atom stereocenters. The SMILES string of the molecule is COc1ccc(-n2ncc(C(=O)N3CCN(Cc4cccc(Cl)c4)CC3)c2C(F)(F)F)nn1. The summed E-state index contributed by atoms with van der Waals surface area (Å²) in [7, 11) is 1.37. The van der Waals surface area contributed by atoms with Gasteiger partial charge in [0.25, 0.3) is 5.91 Å². The van der Waals surface area contributed by atoms with E-state index in [-0.39, 0.29) is 11.7 Å². The maximum absolute atomic E-state index is 13.9. The van der Waals surface area contributed by atoms with Crippen LogP contribution in [0.5, 0.6) is 5.88 Å². The molecule has 0 radical (unpaired) electrons. The van der Waals surface area contributed by atoms with Crippen LogP contribution in [0.3, 0.4) is 0 Å². The van der Waals surface area contributed by atoms with Crippen LogP contribution in [0.4, 0.5) is 13.2 Å². The van der Waals surface area contributed by atoms with Crippen LogP contribution in [0.1, 0.15) is 21.6 Å². The van der Waals surface area contributed by atoms with E-state index >= 15 is 0 Å². The fraction of sp³-hybridized carbons (Fsp3) is 0.333. The molecule has 1 saturated heterocycles. The van der Waals surface area contributed by atoms with Crippen molar-refractivity contribution in [2.75, 3.05) is 33.3 Å². The fourth-order valence-electron chi connectivity index (χ4n) is 3.66. The van der Waals surface area contributed by atoms with Crippen LogP contribution < -0.4 is 4.74 Å². The van der Waals surface area contributed by atoms with E-state index in [0.717, 1.165) is 11.8 Å². The number of benzene rings is 1. The molecule has 3 aromatic rings. The molecular formula is C21H20ClF3N6O2. The van der Waals surface area contributed by atoms with Crippen LogP contribution in [0.15, 0.2) is 42.6 Å². The lowest BCUT2D eigenvalue weighted by molar-refractivity contribution is -0.143. The minimum absolute atomic E-state index is 0.145. The highest BCUT2D eigenvalue weighted by Crippen LogP contribution is 2.34. The summed E-state index contributed by atoms with van der Waals surface area (Å²) in [5.74, 6) is -0.752. The summed E-state index contributed by atoms with van der Waals surface area (Å²) in [6.07, 6.45) is -3.90. The summed E-state index contributed by atoms with van der Waals surface area (Å²) in [4.78, 5) is 16.5. The zero-order valence-corrected chi connectivity index (χ0v) is 18.3. The largest absolute Gasteiger partial charge is 0.480 e. The van der Waals surface area contributed by atoms with Crippen molar-refractivity contribution in [3.05, 3.63) is 64.4 Å². The number of carbonyl (C=O) groups excluding carboxylic acids is 1. The first-order chi connectivity index (χ1) is 15.8. The van der Waals surface area contributed by atoms with E-state index in [4.69, 9.17) is 16.3 Å². The molecule has 4 rings (SSSR count). The molecule has 3 heterocycles. The molecule has 1 aromatic carbocycles. The van der Waals surface area contributed by atoms with Gasteiger partial charge < -0.3 is 9.64 Å². The highest BCUT2D eigenvalue weighted by atomic mass is 35.5. The molecule has 2 aromatic heterocycles. The maximum atomic E-state index is 13.9. The van der Waals surface area contributed by atoms with Gasteiger partial charge in [-0.3, -0.25) is 9.69 Å². The van der Waals surface area contributed by atoms with Crippen LogP contribution in [-0.2, 0) is 12.7 Å². The van der Waals surface area contributed by atoms with E-state index in [2.05, 4.69) is 20.2 Å². The lowest BCUT2D eigenvalue weighted by atomic mass is 10.1. The van der Waals surface area contributed by atoms with Crippen molar-refractivity contribution < 1.29 is 22.7 Å². The number of carbonyl (C=O) groups is 1. The highest BCUT2D eigenvalue weighted by Gasteiger charge is 2.42. The number of ether oxygens (including phenoxy) is 1. The van der Waals surface area contributed by atoms with Crippen LogP contribution in [0.2, 0.25) is 5.02 Å². The predicted octanol–water partition coefficient (Wildman–Crippen LogP) is 3.30. The summed E-state index contributed by atoms with van der Waals surface area (Å²) >= 11 is 6.02. The standard InChI is InChI=1S/C21H20ClF3N6O2/c1-33-18-6-5-17(27-28-18)31-19(21(23,24)25)16(12-26-31)20(32)30-9-7-29(8-10-30)13-14-3-2-4-15(22)11-14/h2-6,11-12H,7-10,13H2,1H3. The lowest BCUT2D eigenvalue weighted by Crippen LogP contribution is -2.48. The quantitative estimate of drug-likeness (QED) is 0.558. The number of alkyl halides is 3. The van der Waals surface area contributed by atoms with Gasteiger partial charge in [-0.1, -0.05) is 23.7 Å². The average molecular weight is 481 g/mol. The second kappa shape index (κ2) is 9.36. The van der Waals surface area contributed by atoms with E-state index in [0.29, 0.717) is 42.4 Å². The summed E-state index contributed by atoms with van der Waals surface area (Å²) in [5, 5.41) is 11.8. The van der Waals surface area contributed by atoms with Gasteiger partial charge in [-0.25, -0.2) is 4.68 Å². The molecule has 0 aliphatic carbocycles. The third kappa shape index (κ3) is 5.09. The Morgan fingerprint density at radius 2 is 1.88 bits per heavy atom. The van der Waals surface area contributed by atoms with Gasteiger partial charge in [0.15, 0.2) is 11.5 Å². The first kappa shape index (κ1) is 23.0. The van der Waals surface area contributed by atoms with E-state index in [9.17, 15) is 18.0 Å². The van der Waals surface area contributed by atoms with Gasteiger partial charge in [-0.05, 0) is 23.8 Å². The molecule has 174 valence electrons. The van der Waals surface area contributed by atoms with Crippen molar-refractivity contribution in [2.24, 2.45) is 0 Å².